The number of carbonyl (C=O) groups excluding carboxylic acids is 1. The minimum absolute atomic E-state index is 0.174. The Morgan fingerprint density at radius 1 is 1.35 bits per heavy atom. The molecule has 2 rings (SSSR count). The Kier molecular flexibility index (Phi) is 3.47. The standard InChI is InChI=1S/C14H16O3/c1-3-16-14(15)9-8-12-10(2)11-6-4-5-7-13(11)17-12/h4-7H,3,8-9H2,1-2H3. The van der Waals surface area contributed by atoms with E-state index in [1.165, 1.54) is 0 Å². The highest BCUT2D eigenvalue weighted by atomic mass is 16.5. The van der Waals surface area contributed by atoms with E-state index in [4.69, 9.17) is 9.15 Å². The van der Waals surface area contributed by atoms with Crippen LogP contribution in [0, 0.1) is 6.92 Å². The first-order valence-corrected chi connectivity index (χ1v) is 5.85. The Labute approximate surface area is 100 Å². The van der Waals surface area contributed by atoms with E-state index in [0.29, 0.717) is 19.4 Å². The number of ether oxygens (including phenoxy) is 1. The monoisotopic (exact) mass is 232 g/mol. The van der Waals surface area contributed by atoms with Crippen molar-refractivity contribution in [3.63, 3.8) is 0 Å². The fraction of sp³-hybridized carbons (Fsp3) is 0.357. The van der Waals surface area contributed by atoms with Crippen LogP contribution < -0.4 is 0 Å². The van der Waals surface area contributed by atoms with Gasteiger partial charge in [-0.1, -0.05) is 18.2 Å². The van der Waals surface area contributed by atoms with Crippen molar-refractivity contribution < 1.29 is 13.9 Å². The van der Waals surface area contributed by atoms with Gasteiger partial charge in [0.1, 0.15) is 11.3 Å². The van der Waals surface area contributed by atoms with Crippen LogP contribution in [0.3, 0.4) is 0 Å². The molecule has 0 radical (unpaired) electrons. The van der Waals surface area contributed by atoms with Gasteiger partial charge in [0.05, 0.1) is 13.0 Å². The molecule has 1 aromatic carbocycles. The molecule has 0 N–H and O–H groups in total. The molecule has 1 aromatic heterocycles. The molecular formula is C14H16O3. The summed E-state index contributed by atoms with van der Waals surface area (Å²) in [5.41, 5.74) is 1.99. The smallest absolute Gasteiger partial charge is 0.306 e. The fourth-order valence-corrected chi connectivity index (χ4v) is 1.91. The van der Waals surface area contributed by atoms with Gasteiger partial charge in [0.2, 0.25) is 0 Å². The molecule has 1 heterocycles. The molecule has 0 saturated carbocycles. The minimum Gasteiger partial charge on any atom is -0.466 e. The summed E-state index contributed by atoms with van der Waals surface area (Å²) in [6, 6.07) is 7.90. The third-order valence-corrected chi connectivity index (χ3v) is 2.80. The maximum absolute atomic E-state index is 11.3. The van der Waals surface area contributed by atoms with Gasteiger partial charge < -0.3 is 9.15 Å². The predicted octanol–water partition coefficient (Wildman–Crippen LogP) is 3.24. The lowest BCUT2D eigenvalue weighted by Crippen LogP contribution is -2.05. The highest BCUT2D eigenvalue weighted by Crippen LogP contribution is 2.25. The van der Waals surface area contributed by atoms with Gasteiger partial charge >= 0.3 is 5.97 Å². The van der Waals surface area contributed by atoms with E-state index in [9.17, 15) is 4.79 Å². The SMILES string of the molecule is CCOC(=O)CCc1oc2ccccc2c1C. The Hall–Kier alpha value is -1.77. The van der Waals surface area contributed by atoms with Crippen LogP contribution in [-0.2, 0) is 16.0 Å². The lowest BCUT2D eigenvalue weighted by Gasteiger charge is -2.00. The van der Waals surface area contributed by atoms with E-state index in [2.05, 4.69) is 0 Å². The van der Waals surface area contributed by atoms with Crippen molar-refractivity contribution >= 4 is 16.9 Å². The molecule has 0 saturated heterocycles. The van der Waals surface area contributed by atoms with Crippen molar-refractivity contribution in [2.75, 3.05) is 6.61 Å². The number of hydrogen-bond donors (Lipinski definition) is 0. The molecule has 3 heteroatoms. The summed E-state index contributed by atoms with van der Waals surface area (Å²) >= 11 is 0. The van der Waals surface area contributed by atoms with Crippen molar-refractivity contribution in [1.82, 2.24) is 0 Å². The van der Waals surface area contributed by atoms with Crippen LogP contribution in [0.4, 0.5) is 0 Å². The normalized spacial score (nSPS) is 10.7. The second-order valence-corrected chi connectivity index (χ2v) is 3.95. The summed E-state index contributed by atoms with van der Waals surface area (Å²) in [4.78, 5) is 11.3. The van der Waals surface area contributed by atoms with Crippen molar-refractivity contribution in [2.45, 2.75) is 26.7 Å². The average Bonchev–Trinajstić information content (AvgIpc) is 2.65. The third kappa shape index (κ3) is 2.49. The van der Waals surface area contributed by atoms with Gasteiger partial charge in [0.15, 0.2) is 0 Å². The van der Waals surface area contributed by atoms with Gasteiger partial charge in [0, 0.05) is 11.8 Å². The molecule has 3 nitrogen and oxygen atoms in total. The fourth-order valence-electron chi connectivity index (χ4n) is 1.91. The van der Waals surface area contributed by atoms with Crippen molar-refractivity contribution in [2.24, 2.45) is 0 Å². The number of furan rings is 1. The van der Waals surface area contributed by atoms with Gasteiger partial charge in [-0.25, -0.2) is 0 Å². The maximum Gasteiger partial charge on any atom is 0.306 e. The molecule has 90 valence electrons. The lowest BCUT2D eigenvalue weighted by atomic mass is 10.1. The molecule has 0 fully saturated rings. The van der Waals surface area contributed by atoms with Crippen LogP contribution in [0.25, 0.3) is 11.0 Å². The zero-order valence-electron chi connectivity index (χ0n) is 10.2. The first-order chi connectivity index (χ1) is 8.22. The number of benzene rings is 1. The molecule has 0 spiro atoms. The molecule has 0 unspecified atom stereocenters. The Bertz CT molecular complexity index is 525. The number of carbonyl (C=O) groups is 1. The van der Waals surface area contributed by atoms with Crippen LogP contribution in [0.5, 0.6) is 0 Å². The zero-order valence-corrected chi connectivity index (χ0v) is 10.2. The summed E-state index contributed by atoms with van der Waals surface area (Å²) in [5.74, 6) is 0.701. The molecular weight excluding hydrogens is 216 g/mol. The predicted molar refractivity (Wildman–Crippen MR) is 65.9 cm³/mol. The van der Waals surface area contributed by atoms with Crippen LogP contribution in [-0.4, -0.2) is 12.6 Å². The van der Waals surface area contributed by atoms with Gasteiger partial charge in [-0.15, -0.1) is 0 Å². The quantitative estimate of drug-likeness (QED) is 0.760. The number of fused-ring (bicyclic) bond motifs is 1. The van der Waals surface area contributed by atoms with E-state index >= 15 is 0 Å². The Morgan fingerprint density at radius 2 is 2.12 bits per heavy atom. The second kappa shape index (κ2) is 5.04. The van der Waals surface area contributed by atoms with Crippen LogP contribution in [0.1, 0.15) is 24.7 Å². The minimum atomic E-state index is -0.174. The van der Waals surface area contributed by atoms with Crippen LogP contribution >= 0.6 is 0 Å². The highest BCUT2D eigenvalue weighted by molar-refractivity contribution is 5.82. The first-order valence-electron chi connectivity index (χ1n) is 5.85. The van der Waals surface area contributed by atoms with E-state index < -0.39 is 0 Å². The third-order valence-electron chi connectivity index (χ3n) is 2.80. The van der Waals surface area contributed by atoms with E-state index in [1.54, 1.807) is 0 Å². The van der Waals surface area contributed by atoms with Crippen molar-refractivity contribution in [3.05, 3.63) is 35.6 Å². The molecule has 0 atom stereocenters. The molecule has 0 bridgehead atoms. The van der Waals surface area contributed by atoms with E-state index in [-0.39, 0.29) is 5.97 Å². The summed E-state index contributed by atoms with van der Waals surface area (Å²) < 4.78 is 10.6. The molecule has 0 amide bonds. The number of esters is 1. The number of aryl methyl sites for hydroxylation is 2. The van der Waals surface area contributed by atoms with Crippen molar-refractivity contribution in [1.29, 1.82) is 0 Å². The molecule has 0 aliphatic heterocycles. The van der Waals surface area contributed by atoms with Crippen molar-refractivity contribution in [3.8, 4) is 0 Å². The molecule has 0 aliphatic carbocycles. The number of hydrogen-bond acceptors (Lipinski definition) is 3. The summed E-state index contributed by atoms with van der Waals surface area (Å²) in [5, 5.41) is 1.12. The van der Waals surface area contributed by atoms with Gasteiger partial charge in [0.25, 0.3) is 0 Å². The van der Waals surface area contributed by atoms with E-state index in [1.807, 2.05) is 38.1 Å². The van der Waals surface area contributed by atoms with Gasteiger partial charge in [-0.2, -0.15) is 0 Å². The summed E-state index contributed by atoms with van der Waals surface area (Å²) in [7, 11) is 0. The Balaban J connectivity index is 2.14. The van der Waals surface area contributed by atoms with E-state index in [0.717, 1.165) is 22.3 Å². The topological polar surface area (TPSA) is 39.4 Å². The average molecular weight is 232 g/mol. The number of para-hydroxylation sites is 1. The van der Waals surface area contributed by atoms with Gasteiger partial charge in [-0.05, 0) is 25.5 Å². The van der Waals surface area contributed by atoms with Crippen LogP contribution in [0.15, 0.2) is 28.7 Å². The van der Waals surface area contributed by atoms with Gasteiger partial charge in [-0.3, -0.25) is 4.79 Å². The Morgan fingerprint density at radius 3 is 2.82 bits per heavy atom. The molecule has 2 aromatic rings. The largest absolute Gasteiger partial charge is 0.466 e. The summed E-state index contributed by atoms with van der Waals surface area (Å²) in [6.07, 6.45) is 0.966. The number of rotatable bonds is 4. The second-order valence-electron chi connectivity index (χ2n) is 3.95. The maximum atomic E-state index is 11.3. The van der Waals surface area contributed by atoms with Crippen LogP contribution in [0.2, 0.25) is 0 Å². The first kappa shape index (κ1) is 11.7. The lowest BCUT2D eigenvalue weighted by molar-refractivity contribution is -0.143. The summed E-state index contributed by atoms with van der Waals surface area (Å²) in [6.45, 7) is 4.26. The molecule has 17 heavy (non-hydrogen) atoms. The zero-order chi connectivity index (χ0) is 12.3. The molecule has 0 aliphatic rings. The highest BCUT2D eigenvalue weighted by Gasteiger charge is 2.11.